The molecule has 27 heavy (non-hydrogen) atoms. The van der Waals surface area contributed by atoms with Crippen LogP contribution in [0.15, 0.2) is 40.8 Å². The van der Waals surface area contributed by atoms with E-state index in [1.165, 1.54) is 11.8 Å². The van der Waals surface area contributed by atoms with Crippen molar-refractivity contribution in [3.05, 3.63) is 59.0 Å². The van der Waals surface area contributed by atoms with Gasteiger partial charge in [0.05, 0.1) is 12.8 Å². The van der Waals surface area contributed by atoms with Crippen LogP contribution in [0.25, 0.3) is 0 Å². The fourth-order valence-electron chi connectivity index (χ4n) is 3.42. The molecule has 1 N–H and O–H groups in total. The lowest BCUT2D eigenvalue weighted by Gasteiger charge is -2.30. The summed E-state index contributed by atoms with van der Waals surface area (Å²) in [4.78, 5) is 12.2. The molecule has 1 aromatic carbocycles. The summed E-state index contributed by atoms with van der Waals surface area (Å²) in [5.41, 5.74) is 1.79. The summed E-state index contributed by atoms with van der Waals surface area (Å²) >= 11 is 0. The van der Waals surface area contributed by atoms with Crippen LogP contribution < -0.4 is 5.32 Å². The molecule has 0 bridgehead atoms. The van der Waals surface area contributed by atoms with Crippen LogP contribution in [0.3, 0.4) is 0 Å². The van der Waals surface area contributed by atoms with Gasteiger partial charge in [-0.15, -0.1) is 0 Å². The maximum Gasteiger partial charge on any atom is 0.251 e. The SMILES string of the molecule is Cc1ccc(CNC(=O)c2ccc(CC3CCN(S(C)(=O)=O)CC3)cc2)o1. The molecule has 1 aliphatic rings. The van der Waals surface area contributed by atoms with Gasteiger partial charge in [0, 0.05) is 18.7 Å². The van der Waals surface area contributed by atoms with Gasteiger partial charge in [-0.05, 0) is 61.9 Å². The van der Waals surface area contributed by atoms with E-state index in [1.54, 1.807) is 4.31 Å². The normalized spacial score (nSPS) is 16.4. The highest BCUT2D eigenvalue weighted by Gasteiger charge is 2.24. The average Bonchev–Trinajstić information content (AvgIpc) is 3.05. The van der Waals surface area contributed by atoms with Crippen LogP contribution in [0.5, 0.6) is 0 Å². The minimum Gasteiger partial charge on any atom is -0.465 e. The van der Waals surface area contributed by atoms with Crippen molar-refractivity contribution in [3.63, 3.8) is 0 Å². The van der Waals surface area contributed by atoms with Crippen molar-refractivity contribution in [1.82, 2.24) is 9.62 Å². The molecule has 2 aromatic rings. The summed E-state index contributed by atoms with van der Waals surface area (Å²) in [6.07, 6.45) is 3.92. The Labute approximate surface area is 160 Å². The Morgan fingerprint density at radius 3 is 2.37 bits per heavy atom. The molecule has 1 aliphatic heterocycles. The number of nitrogens with zero attached hydrogens (tertiary/aromatic N) is 1. The molecule has 0 aliphatic carbocycles. The number of sulfonamides is 1. The van der Waals surface area contributed by atoms with Gasteiger partial charge >= 0.3 is 0 Å². The number of carbonyl (C=O) groups is 1. The molecule has 6 nitrogen and oxygen atoms in total. The Morgan fingerprint density at radius 1 is 1.15 bits per heavy atom. The fraction of sp³-hybridized carbons (Fsp3) is 0.450. The average molecular weight is 391 g/mol. The van der Waals surface area contributed by atoms with Crippen molar-refractivity contribution < 1.29 is 17.6 Å². The van der Waals surface area contributed by atoms with Gasteiger partial charge in [-0.25, -0.2) is 12.7 Å². The molecule has 0 spiro atoms. The Morgan fingerprint density at radius 2 is 1.81 bits per heavy atom. The number of aryl methyl sites for hydroxylation is 1. The van der Waals surface area contributed by atoms with Crippen LogP contribution in [0.1, 0.15) is 40.3 Å². The van der Waals surface area contributed by atoms with E-state index < -0.39 is 10.0 Å². The zero-order chi connectivity index (χ0) is 19.4. The summed E-state index contributed by atoms with van der Waals surface area (Å²) in [6, 6.07) is 11.4. The highest BCUT2D eigenvalue weighted by Crippen LogP contribution is 2.23. The van der Waals surface area contributed by atoms with Gasteiger partial charge in [-0.2, -0.15) is 0 Å². The maximum absolute atomic E-state index is 12.2. The Bertz CT molecular complexity index is 879. The van der Waals surface area contributed by atoms with Gasteiger partial charge in [0.1, 0.15) is 11.5 Å². The molecule has 0 atom stereocenters. The van der Waals surface area contributed by atoms with E-state index in [0.717, 1.165) is 30.8 Å². The van der Waals surface area contributed by atoms with Crippen molar-refractivity contribution in [2.24, 2.45) is 5.92 Å². The molecule has 146 valence electrons. The number of nitrogens with one attached hydrogen (secondary N) is 1. The number of piperidine rings is 1. The first-order valence-electron chi connectivity index (χ1n) is 9.19. The topological polar surface area (TPSA) is 79.6 Å². The molecular weight excluding hydrogens is 364 g/mol. The van der Waals surface area contributed by atoms with E-state index in [1.807, 2.05) is 43.3 Å². The first kappa shape index (κ1) is 19.6. The van der Waals surface area contributed by atoms with E-state index in [0.29, 0.717) is 31.1 Å². The Kier molecular flexibility index (Phi) is 6.01. The predicted octanol–water partition coefficient (Wildman–Crippen LogP) is 2.73. The summed E-state index contributed by atoms with van der Waals surface area (Å²) in [5, 5.41) is 2.85. The number of rotatable bonds is 6. The molecule has 7 heteroatoms. The molecule has 0 radical (unpaired) electrons. The lowest BCUT2D eigenvalue weighted by molar-refractivity contribution is 0.0948. The second-order valence-electron chi connectivity index (χ2n) is 7.20. The van der Waals surface area contributed by atoms with Gasteiger partial charge in [-0.3, -0.25) is 4.79 Å². The summed E-state index contributed by atoms with van der Waals surface area (Å²) in [7, 11) is -3.08. The Balaban J connectivity index is 1.49. The lowest BCUT2D eigenvalue weighted by atomic mass is 9.91. The number of carbonyl (C=O) groups excluding carboxylic acids is 1. The van der Waals surface area contributed by atoms with Crippen molar-refractivity contribution in [3.8, 4) is 0 Å². The molecule has 2 heterocycles. The van der Waals surface area contributed by atoms with Crippen LogP contribution in [0.4, 0.5) is 0 Å². The van der Waals surface area contributed by atoms with E-state index >= 15 is 0 Å². The second kappa shape index (κ2) is 8.27. The van der Waals surface area contributed by atoms with Gasteiger partial charge in [0.25, 0.3) is 5.91 Å². The van der Waals surface area contributed by atoms with E-state index in [4.69, 9.17) is 4.42 Å². The molecule has 0 unspecified atom stereocenters. The van der Waals surface area contributed by atoms with E-state index in [-0.39, 0.29) is 5.91 Å². The zero-order valence-corrected chi connectivity index (χ0v) is 16.6. The van der Waals surface area contributed by atoms with Crippen molar-refractivity contribution in [2.75, 3.05) is 19.3 Å². The minimum atomic E-state index is -3.08. The number of amides is 1. The molecule has 1 aromatic heterocycles. The standard InChI is InChI=1S/C20H26N2O4S/c1-15-3-8-19(26-15)14-21-20(23)18-6-4-16(5-7-18)13-17-9-11-22(12-10-17)27(2,24)25/h3-8,17H,9-14H2,1-2H3,(H,21,23). The third-order valence-electron chi connectivity index (χ3n) is 5.00. The molecule has 3 rings (SSSR count). The first-order chi connectivity index (χ1) is 12.8. The molecule has 1 fully saturated rings. The molecule has 0 saturated carbocycles. The fourth-order valence-corrected chi connectivity index (χ4v) is 4.29. The third-order valence-corrected chi connectivity index (χ3v) is 6.31. The molecular formula is C20H26N2O4S. The van der Waals surface area contributed by atoms with Crippen molar-refractivity contribution >= 4 is 15.9 Å². The van der Waals surface area contributed by atoms with Gasteiger partial charge in [0.15, 0.2) is 0 Å². The quantitative estimate of drug-likeness (QED) is 0.822. The van der Waals surface area contributed by atoms with Crippen LogP contribution in [0, 0.1) is 12.8 Å². The van der Waals surface area contributed by atoms with Crippen molar-refractivity contribution in [2.45, 2.75) is 32.7 Å². The van der Waals surface area contributed by atoms with Gasteiger partial charge in [0.2, 0.25) is 10.0 Å². The highest BCUT2D eigenvalue weighted by molar-refractivity contribution is 7.88. The van der Waals surface area contributed by atoms with Crippen LogP contribution in [0.2, 0.25) is 0 Å². The monoisotopic (exact) mass is 390 g/mol. The summed E-state index contributed by atoms with van der Waals surface area (Å²) in [5.74, 6) is 1.91. The van der Waals surface area contributed by atoms with Gasteiger partial charge < -0.3 is 9.73 Å². The highest BCUT2D eigenvalue weighted by atomic mass is 32.2. The number of benzene rings is 1. The second-order valence-corrected chi connectivity index (χ2v) is 9.18. The van der Waals surface area contributed by atoms with E-state index in [9.17, 15) is 13.2 Å². The lowest BCUT2D eigenvalue weighted by Crippen LogP contribution is -2.38. The summed E-state index contributed by atoms with van der Waals surface area (Å²) in [6.45, 7) is 3.43. The van der Waals surface area contributed by atoms with Crippen LogP contribution in [-0.2, 0) is 23.0 Å². The zero-order valence-electron chi connectivity index (χ0n) is 15.8. The number of hydrogen-bond donors (Lipinski definition) is 1. The van der Waals surface area contributed by atoms with E-state index in [2.05, 4.69) is 5.32 Å². The maximum atomic E-state index is 12.2. The number of hydrogen-bond acceptors (Lipinski definition) is 4. The largest absolute Gasteiger partial charge is 0.465 e. The summed E-state index contributed by atoms with van der Waals surface area (Å²) < 4.78 is 30.2. The van der Waals surface area contributed by atoms with Gasteiger partial charge in [-0.1, -0.05) is 12.1 Å². The van der Waals surface area contributed by atoms with Crippen LogP contribution in [-0.4, -0.2) is 38.0 Å². The molecule has 1 saturated heterocycles. The third kappa shape index (κ3) is 5.43. The Hall–Kier alpha value is -2.12. The minimum absolute atomic E-state index is 0.128. The number of furan rings is 1. The predicted molar refractivity (Wildman–Crippen MR) is 104 cm³/mol. The van der Waals surface area contributed by atoms with Crippen molar-refractivity contribution in [1.29, 1.82) is 0 Å². The smallest absolute Gasteiger partial charge is 0.251 e. The van der Waals surface area contributed by atoms with Crippen LogP contribution >= 0.6 is 0 Å². The molecule has 1 amide bonds. The first-order valence-corrected chi connectivity index (χ1v) is 11.0.